The van der Waals surface area contributed by atoms with Gasteiger partial charge in [-0.2, -0.15) is 4.41 Å². The summed E-state index contributed by atoms with van der Waals surface area (Å²) >= 11 is 1.34. The topological polar surface area (TPSA) is 15.3 Å². The number of nitrogens with one attached hydrogen (secondary N) is 1. The van der Waals surface area contributed by atoms with Crippen molar-refractivity contribution in [3.05, 3.63) is 29.3 Å². The lowest BCUT2D eigenvalue weighted by Gasteiger charge is -2.17. The Bertz CT molecular complexity index is 321. The Morgan fingerprint density at radius 3 is 2.27 bits per heavy atom. The van der Waals surface area contributed by atoms with E-state index in [-0.39, 0.29) is 5.69 Å². The van der Waals surface area contributed by atoms with Crippen molar-refractivity contribution in [2.45, 2.75) is 13.3 Å². The molecule has 0 aliphatic heterocycles. The highest BCUT2D eigenvalue weighted by Crippen LogP contribution is 2.22. The molecular weight excluding hydrogens is 218 g/mol. The minimum absolute atomic E-state index is 0.107. The quantitative estimate of drug-likeness (QED) is 0.634. The van der Waals surface area contributed by atoms with Crippen molar-refractivity contribution in [1.82, 2.24) is 4.41 Å². The Labute approximate surface area is 92.8 Å². The third-order valence-electron chi connectivity index (χ3n) is 2.05. The average molecular weight is 232 g/mol. The summed E-state index contributed by atoms with van der Waals surface area (Å²) in [5.41, 5.74) is 3.17. The predicted molar refractivity (Wildman–Crippen MR) is 60.6 cm³/mol. The summed E-state index contributed by atoms with van der Waals surface area (Å²) in [7, 11) is 1.69. The molecule has 0 saturated heterocycles. The Kier molecular flexibility index (Phi) is 4.35. The van der Waals surface area contributed by atoms with Crippen LogP contribution in [-0.4, -0.2) is 17.7 Å². The minimum Gasteiger partial charge on any atom is -0.304 e. The number of anilines is 1. The summed E-state index contributed by atoms with van der Waals surface area (Å²) in [5, 5.41) is 0. The van der Waals surface area contributed by atoms with Gasteiger partial charge in [0.05, 0.1) is 0 Å². The first-order chi connectivity index (χ1) is 7.08. The van der Waals surface area contributed by atoms with Gasteiger partial charge in [0.25, 0.3) is 0 Å². The molecule has 0 unspecified atom stereocenters. The first kappa shape index (κ1) is 12.3. The Balaban J connectivity index is 2.98. The van der Waals surface area contributed by atoms with E-state index in [1.54, 1.807) is 7.05 Å². The van der Waals surface area contributed by atoms with E-state index in [1.807, 2.05) is 13.2 Å². The van der Waals surface area contributed by atoms with E-state index < -0.39 is 11.6 Å². The number of nitrogens with zero attached hydrogens (tertiary/aromatic N) is 1. The van der Waals surface area contributed by atoms with E-state index in [9.17, 15) is 8.78 Å². The SMILES string of the molecule is CCc1cc(F)c(NN(C)SC)c(F)c1. The molecule has 0 amide bonds. The van der Waals surface area contributed by atoms with Crippen molar-refractivity contribution in [2.75, 3.05) is 18.7 Å². The van der Waals surface area contributed by atoms with Crippen LogP contribution >= 0.6 is 11.9 Å². The second-order valence-electron chi connectivity index (χ2n) is 3.08. The fourth-order valence-electron chi connectivity index (χ4n) is 1.14. The summed E-state index contributed by atoms with van der Waals surface area (Å²) in [6.07, 6.45) is 2.43. The maximum atomic E-state index is 13.5. The van der Waals surface area contributed by atoms with Gasteiger partial charge in [0.1, 0.15) is 5.69 Å². The molecule has 0 aliphatic carbocycles. The minimum atomic E-state index is -0.562. The maximum Gasteiger partial charge on any atom is 0.150 e. The molecule has 0 radical (unpaired) electrons. The normalized spacial score (nSPS) is 10.8. The zero-order valence-corrected chi connectivity index (χ0v) is 9.79. The van der Waals surface area contributed by atoms with Crippen molar-refractivity contribution in [3.63, 3.8) is 0 Å². The molecule has 0 fully saturated rings. The molecule has 1 aromatic carbocycles. The fraction of sp³-hybridized carbons (Fsp3) is 0.400. The Morgan fingerprint density at radius 2 is 1.87 bits per heavy atom. The number of benzene rings is 1. The second kappa shape index (κ2) is 5.32. The molecule has 0 aromatic heterocycles. The number of halogens is 2. The number of hydrazine groups is 1. The number of rotatable bonds is 4. The van der Waals surface area contributed by atoms with Crippen LogP contribution in [0.4, 0.5) is 14.5 Å². The van der Waals surface area contributed by atoms with E-state index in [2.05, 4.69) is 5.43 Å². The smallest absolute Gasteiger partial charge is 0.150 e. The third kappa shape index (κ3) is 3.07. The van der Waals surface area contributed by atoms with E-state index in [0.717, 1.165) is 0 Å². The average Bonchev–Trinajstić information content (AvgIpc) is 2.22. The number of aryl methyl sites for hydroxylation is 1. The lowest BCUT2D eigenvalue weighted by atomic mass is 10.1. The van der Waals surface area contributed by atoms with Crippen LogP contribution in [0.5, 0.6) is 0 Å². The van der Waals surface area contributed by atoms with Crippen molar-refractivity contribution >= 4 is 17.6 Å². The molecular formula is C10H14F2N2S. The molecule has 1 aromatic rings. The molecule has 1 rings (SSSR count). The van der Waals surface area contributed by atoms with Gasteiger partial charge in [0.15, 0.2) is 11.6 Å². The maximum absolute atomic E-state index is 13.5. The lowest BCUT2D eigenvalue weighted by molar-refractivity contribution is 0.565. The van der Waals surface area contributed by atoms with Crippen LogP contribution in [0.25, 0.3) is 0 Å². The molecule has 2 nitrogen and oxygen atoms in total. The van der Waals surface area contributed by atoms with Crippen LogP contribution < -0.4 is 5.43 Å². The third-order valence-corrected chi connectivity index (χ3v) is 2.69. The summed E-state index contributed by atoms with van der Waals surface area (Å²) in [5.74, 6) is -1.12. The summed E-state index contributed by atoms with van der Waals surface area (Å²) in [4.78, 5) is 0. The number of hydrogen-bond donors (Lipinski definition) is 1. The van der Waals surface area contributed by atoms with Gasteiger partial charge < -0.3 is 5.43 Å². The highest BCUT2D eigenvalue weighted by molar-refractivity contribution is 7.96. The molecule has 84 valence electrons. The van der Waals surface area contributed by atoms with Crippen LogP contribution in [0.1, 0.15) is 12.5 Å². The largest absolute Gasteiger partial charge is 0.304 e. The van der Waals surface area contributed by atoms with Crippen LogP contribution in [0, 0.1) is 11.6 Å². The van der Waals surface area contributed by atoms with Gasteiger partial charge in [-0.3, -0.25) is 0 Å². The predicted octanol–water partition coefficient (Wildman–Crippen LogP) is 3.06. The van der Waals surface area contributed by atoms with Crippen molar-refractivity contribution in [2.24, 2.45) is 0 Å². The first-order valence-electron chi connectivity index (χ1n) is 4.60. The van der Waals surface area contributed by atoms with Gasteiger partial charge in [-0.25, -0.2) is 8.78 Å². The molecule has 0 aliphatic rings. The molecule has 0 spiro atoms. The summed E-state index contributed by atoms with van der Waals surface area (Å²) < 4.78 is 28.4. The van der Waals surface area contributed by atoms with E-state index in [4.69, 9.17) is 0 Å². The molecule has 0 atom stereocenters. The zero-order chi connectivity index (χ0) is 11.4. The molecule has 0 heterocycles. The van der Waals surface area contributed by atoms with Gasteiger partial charge in [-0.1, -0.05) is 18.9 Å². The van der Waals surface area contributed by atoms with Crippen molar-refractivity contribution in [3.8, 4) is 0 Å². The van der Waals surface area contributed by atoms with Crippen LogP contribution in [0.3, 0.4) is 0 Å². The van der Waals surface area contributed by atoms with Crippen molar-refractivity contribution in [1.29, 1.82) is 0 Å². The first-order valence-corrected chi connectivity index (χ1v) is 5.79. The standard InChI is InChI=1S/C10H14F2N2S/c1-4-7-5-8(11)10(9(12)6-7)13-14(2)15-3/h5-6,13H,4H2,1-3H3. The van der Waals surface area contributed by atoms with E-state index >= 15 is 0 Å². The molecule has 1 N–H and O–H groups in total. The second-order valence-corrected chi connectivity index (χ2v) is 3.99. The van der Waals surface area contributed by atoms with Crippen molar-refractivity contribution < 1.29 is 8.78 Å². The Morgan fingerprint density at radius 1 is 1.33 bits per heavy atom. The van der Waals surface area contributed by atoms with Gasteiger partial charge in [-0.05, 0) is 30.4 Å². The fourth-order valence-corrected chi connectivity index (χ4v) is 1.32. The van der Waals surface area contributed by atoms with Crippen LogP contribution in [0.15, 0.2) is 12.1 Å². The zero-order valence-electron chi connectivity index (χ0n) is 8.97. The van der Waals surface area contributed by atoms with E-state index in [0.29, 0.717) is 12.0 Å². The monoisotopic (exact) mass is 232 g/mol. The molecule has 5 heteroatoms. The molecule has 0 saturated carbocycles. The lowest BCUT2D eigenvalue weighted by Crippen LogP contribution is -2.18. The van der Waals surface area contributed by atoms with Gasteiger partial charge in [0.2, 0.25) is 0 Å². The van der Waals surface area contributed by atoms with Crippen LogP contribution in [-0.2, 0) is 6.42 Å². The van der Waals surface area contributed by atoms with Crippen LogP contribution in [0.2, 0.25) is 0 Å². The summed E-state index contributed by atoms with van der Waals surface area (Å²) in [6.45, 7) is 1.86. The highest BCUT2D eigenvalue weighted by Gasteiger charge is 2.11. The van der Waals surface area contributed by atoms with E-state index in [1.165, 1.54) is 28.5 Å². The summed E-state index contributed by atoms with van der Waals surface area (Å²) in [6, 6.07) is 2.69. The highest BCUT2D eigenvalue weighted by atomic mass is 32.2. The molecule has 0 bridgehead atoms. The number of hydrogen-bond acceptors (Lipinski definition) is 3. The van der Waals surface area contributed by atoms with Gasteiger partial charge in [0, 0.05) is 7.05 Å². The van der Waals surface area contributed by atoms with Gasteiger partial charge >= 0.3 is 0 Å². The molecule has 15 heavy (non-hydrogen) atoms. The Hall–Kier alpha value is -0.810. The van der Waals surface area contributed by atoms with Gasteiger partial charge in [-0.15, -0.1) is 0 Å².